The van der Waals surface area contributed by atoms with E-state index in [-0.39, 0.29) is 5.91 Å². The maximum atomic E-state index is 12.3. The first kappa shape index (κ1) is 14.3. The van der Waals surface area contributed by atoms with Crippen molar-refractivity contribution in [3.63, 3.8) is 0 Å². The zero-order chi connectivity index (χ0) is 15.4. The summed E-state index contributed by atoms with van der Waals surface area (Å²) < 4.78 is 0. The first-order chi connectivity index (χ1) is 10.8. The molecule has 1 amide bonds. The summed E-state index contributed by atoms with van der Waals surface area (Å²) in [6.45, 7) is 2.08. The van der Waals surface area contributed by atoms with E-state index in [0.29, 0.717) is 6.42 Å². The van der Waals surface area contributed by atoms with Crippen molar-refractivity contribution in [1.82, 2.24) is 0 Å². The van der Waals surface area contributed by atoms with E-state index in [2.05, 4.69) is 17.4 Å². The van der Waals surface area contributed by atoms with Crippen LogP contribution in [0.1, 0.15) is 24.5 Å². The van der Waals surface area contributed by atoms with Crippen molar-refractivity contribution in [1.29, 1.82) is 0 Å². The zero-order valence-corrected chi connectivity index (χ0v) is 12.5. The number of aryl methyl sites for hydroxylation is 1. The van der Waals surface area contributed by atoms with Crippen molar-refractivity contribution < 1.29 is 9.63 Å². The number of rotatable bonds is 4. The Morgan fingerprint density at radius 2 is 2.05 bits per heavy atom. The van der Waals surface area contributed by atoms with Crippen LogP contribution in [0.4, 0.5) is 5.69 Å². The number of carbonyl (C=O) groups excluding carboxylic acids is 1. The third-order valence-electron chi connectivity index (χ3n) is 3.67. The van der Waals surface area contributed by atoms with E-state index < -0.39 is 6.10 Å². The molecule has 3 rings (SSSR count). The Morgan fingerprint density at radius 3 is 2.82 bits per heavy atom. The molecule has 1 aliphatic heterocycles. The van der Waals surface area contributed by atoms with Gasteiger partial charge in [0, 0.05) is 12.1 Å². The number of nitrogens with zero attached hydrogens (tertiary/aromatic N) is 1. The van der Waals surface area contributed by atoms with Gasteiger partial charge in [0.1, 0.15) is 0 Å². The van der Waals surface area contributed by atoms with Gasteiger partial charge in [0.05, 0.1) is 5.71 Å². The lowest BCUT2D eigenvalue weighted by Gasteiger charge is -2.10. The molecule has 2 aromatic carbocycles. The number of carbonyl (C=O) groups is 1. The van der Waals surface area contributed by atoms with Crippen LogP contribution in [0.25, 0.3) is 0 Å². The molecule has 0 aromatic heterocycles. The molecule has 0 spiro atoms. The maximum absolute atomic E-state index is 12.3. The number of oxime groups is 1. The van der Waals surface area contributed by atoms with Crippen LogP contribution in [0, 0.1) is 0 Å². The summed E-state index contributed by atoms with van der Waals surface area (Å²) in [5, 5.41) is 6.93. The minimum absolute atomic E-state index is 0.164. The number of amides is 1. The largest absolute Gasteiger partial charge is 0.382 e. The van der Waals surface area contributed by atoms with Gasteiger partial charge in [-0.15, -0.1) is 0 Å². The molecule has 1 atom stereocenters. The first-order valence-corrected chi connectivity index (χ1v) is 7.44. The van der Waals surface area contributed by atoms with Crippen LogP contribution >= 0.6 is 0 Å². The SMILES string of the molecule is CCc1cccc(NC(=O)[C@@H]2CC(c3ccccc3)=NO2)c1. The molecule has 0 fully saturated rings. The number of nitrogens with one attached hydrogen (secondary N) is 1. The smallest absolute Gasteiger partial charge is 0.268 e. The number of benzene rings is 2. The van der Waals surface area contributed by atoms with Gasteiger partial charge in [-0.1, -0.05) is 54.5 Å². The minimum atomic E-state index is -0.569. The summed E-state index contributed by atoms with van der Waals surface area (Å²) in [6.07, 6.45) is 0.856. The minimum Gasteiger partial charge on any atom is -0.382 e. The number of hydrogen-bond acceptors (Lipinski definition) is 3. The predicted octanol–water partition coefficient (Wildman–Crippen LogP) is 3.38. The fourth-order valence-corrected chi connectivity index (χ4v) is 2.41. The summed E-state index contributed by atoms with van der Waals surface area (Å²) in [4.78, 5) is 17.6. The van der Waals surface area contributed by atoms with Crippen LogP contribution in [-0.2, 0) is 16.1 Å². The highest BCUT2D eigenvalue weighted by Gasteiger charge is 2.28. The van der Waals surface area contributed by atoms with Crippen molar-refractivity contribution in [3.8, 4) is 0 Å². The monoisotopic (exact) mass is 294 g/mol. The Labute approximate surface area is 129 Å². The molecule has 0 radical (unpaired) electrons. The van der Waals surface area contributed by atoms with Crippen molar-refractivity contribution in [2.45, 2.75) is 25.9 Å². The molecule has 0 saturated carbocycles. The summed E-state index contributed by atoms with van der Waals surface area (Å²) >= 11 is 0. The molecule has 1 aliphatic rings. The zero-order valence-electron chi connectivity index (χ0n) is 12.5. The second-order valence-corrected chi connectivity index (χ2v) is 5.25. The van der Waals surface area contributed by atoms with Crippen LogP contribution in [-0.4, -0.2) is 17.7 Å². The molecule has 0 aliphatic carbocycles. The van der Waals surface area contributed by atoms with E-state index in [1.54, 1.807) is 0 Å². The second kappa shape index (κ2) is 6.43. The van der Waals surface area contributed by atoms with Gasteiger partial charge in [-0.3, -0.25) is 4.79 Å². The molecule has 0 unspecified atom stereocenters. The molecule has 4 nitrogen and oxygen atoms in total. The summed E-state index contributed by atoms with van der Waals surface area (Å²) in [7, 11) is 0. The van der Waals surface area contributed by atoms with Gasteiger partial charge in [0.25, 0.3) is 5.91 Å². The van der Waals surface area contributed by atoms with Crippen LogP contribution in [0.2, 0.25) is 0 Å². The van der Waals surface area contributed by atoms with Gasteiger partial charge in [0.2, 0.25) is 6.10 Å². The van der Waals surface area contributed by atoms with Gasteiger partial charge >= 0.3 is 0 Å². The van der Waals surface area contributed by atoms with E-state index in [1.165, 1.54) is 5.56 Å². The highest BCUT2D eigenvalue weighted by molar-refractivity contribution is 6.06. The molecule has 2 aromatic rings. The fourth-order valence-electron chi connectivity index (χ4n) is 2.41. The van der Waals surface area contributed by atoms with Gasteiger partial charge in [-0.2, -0.15) is 0 Å². The van der Waals surface area contributed by atoms with Crippen LogP contribution in [0.15, 0.2) is 59.8 Å². The lowest BCUT2D eigenvalue weighted by molar-refractivity contribution is -0.125. The number of anilines is 1. The predicted molar refractivity (Wildman–Crippen MR) is 86.9 cm³/mol. The first-order valence-electron chi connectivity index (χ1n) is 7.44. The third kappa shape index (κ3) is 3.17. The van der Waals surface area contributed by atoms with E-state index in [1.807, 2.05) is 54.6 Å². The van der Waals surface area contributed by atoms with E-state index >= 15 is 0 Å². The van der Waals surface area contributed by atoms with Gasteiger partial charge in [-0.05, 0) is 29.7 Å². The highest BCUT2D eigenvalue weighted by atomic mass is 16.6. The normalized spacial score (nSPS) is 16.8. The topological polar surface area (TPSA) is 50.7 Å². The van der Waals surface area contributed by atoms with Crippen molar-refractivity contribution in [2.75, 3.05) is 5.32 Å². The Bertz CT molecular complexity index is 695. The number of hydrogen-bond donors (Lipinski definition) is 1. The summed E-state index contributed by atoms with van der Waals surface area (Å²) in [6, 6.07) is 17.6. The molecule has 4 heteroatoms. The average molecular weight is 294 g/mol. The average Bonchev–Trinajstić information content (AvgIpc) is 3.06. The summed E-state index contributed by atoms with van der Waals surface area (Å²) in [5.41, 5.74) is 3.78. The lowest BCUT2D eigenvalue weighted by atomic mass is 10.0. The molecule has 22 heavy (non-hydrogen) atoms. The maximum Gasteiger partial charge on any atom is 0.268 e. The third-order valence-corrected chi connectivity index (χ3v) is 3.67. The Kier molecular flexibility index (Phi) is 4.19. The molecular weight excluding hydrogens is 276 g/mol. The Hall–Kier alpha value is -2.62. The molecule has 1 N–H and O–H groups in total. The molecular formula is C18H18N2O2. The highest BCUT2D eigenvalue weighted by Crippen LogP contribution is 2.19. The van der Waals surface area contributed by atoms with E-state index in [9.17, 15) is 4.79 Å². The standard InChI is InChI=1S/C18H18N2O2/c1-2-13-7-6-10-15(11-13)19-18(21)17-12-16(20-22-17)14-8-4-3-5-9-14/h3-11,17H,2,12H2,1H3,(H,19,21)/t17-/m0/s1. The van der Waals surface area contributed by atoms with Gasteiger partial charge in [0.15, 0.2) is 0 Å². The van der Waals surface area contributed by atoms with E-state index in [4.69, 9.17) is 4.84 Å². The Morgan fingerprint density at radius 1 is 1.23 bits per heavy atom. The molecule has 0 bridgehead atoms. The summed E-state index contributed by atoms with van der Waals surface area (Å²) in [5.74, 6) is -0.164. The van der Waals surface area contributed by atoms with Crippen molar-refractivity contribution in [3.05, 3.63) is 65.7 Å². The van der Waals surface area contributed by atoms with Crippen molar-refractivity contribution in [2.24, 2.45) is 5.16 Å². The van der Waals surface area contributed by atoms with Gasteiger partial charge < -0.3 is 10.2 Å². The van der Waals surface area contributed by atoms with Crippen LogP contribution in [0.3, 0.4) is 0 Å². The molecule has 112 valence electrons. The molecule has 1 heterocycles. The van der Waals surface area contributed by atoms with Crippen molar-refractivity contribution >= 4 is 17.3 Å². The second-order valence-electron chi connectivity index (χ2n) is 5.25. The quantitative estimate of drug-likeness (QED) is 0.939. The van der Waals surface area contributed by atoms with E-state index in [0.717, 1.165) is 23.4 Å². The fraction of sp³-hybridized carbons (Fsp3) is 0.222. The lowest BCUT2D eigenvalue weighted by Crippen LogP contribution is -2.28. The van der Waals surface area contributed by atoms with Gasteiger partial charge in [-0.25, -0.2) is 0 Å². The molecule has 0 saturated heterocycles. The Balaban J connectivity index is 1.63. The van der Waals surface area contributed by atoms with Crippen LogP contribution < -0.4 is 5.32 Å². The van der Waals surface area contributed by atoms with Crippen LogP contribution in [0.5, 0.6) is 0 Å².